The molecular formula is C11H10N2O3S. The first-order valence-electron chi connectivity index (χ1n) is 4.86. The van der Waals surface area contributed by atoms with E-state index in [0.717, 1.165) is 10.7 Å². The van der Waals surface area contributed by atoms with E-state index in [1.54, 1.807) is 18.4 Å². The van der Waals surface area contributed by atoms with Crippen molar-refractivity contribution in [3.63, 3.8) is 0 Å². The fourth-order valence-corrected chi connectivity index (χ4v) is 2.19. The van der Waals surface area contributed by atoms with E-state index in [9.17, 15) is 10.1 Å². The standard InChI is InChI=1S/C11H10N2O3S/c12-10-6-9(3-4-11(10)13(14)15)17-7-8-2-1-5-16-8/h1-6H,7,12H2. The lowest BCUT2D eigenvalue weighted by Crippen LogP contribution is -1.95. The highest BCUT2D eigenvalue weighted by Gasteiger charge is 2.11. The van der Waals surface area contributed by atoms with E-state index in [4.69, 9.17) is 10.2 Å². The first kappa shape index (κ1) is 11.5. The number of nitro benzene ring substituents is 1. The minimum absolute atomic E-state index is 0.0626. The molecule has 88 valence electrons. The first-order valence-corrected chi connectivity index (χ1v) is 5.84. The number of nitro groups is 1. The molecule has 17 heavy (non-hydrogen) atoms. The summed E-state index contributed by atoms with van der Waals surface area (Å²) in [5.74, 6) is 1.52. The van der Waals surface area contributed by atoms with Crippen LogP contribution in [-0.2, 0) is 5.75 Å². The Bertz CT molecular complexity index is 526. The molecule has 0 spiro atoms. The SMILES string of the molecule is Nc1cc(SCc2ccco2)ccc1[N+](=O)[O-]. The summed E-state index contributed by atoms with van der Waals surface area (Å²) in [4.78, 5) is 11.0. The molecule has 0 aliphatic carbocycles. The molecule has 0 fully saturated rings. The van der Waals surface area contributed by atoms with Gasteiger partial charge in [0.25, 0.3) is 5.69 Å². The molecule has 0 saturated heterocycles. The normalized spacial score (nSPS) is 10.4. The highest BCUT2D eigenvalue weighted by Crippen LogP contribution is 2.29. The minimum Gasteiger partial charge on any atom is -0.468 e. The van der Waals surface area contributed by atoms with E-state index < -0.39 is 4.92 Å². The summed E-state index contributed by atoms with van der Waals surface area (Å²) in [5.41, 5.74) is 5.71. The quantitative estimate of drug-likeness (QED) is 0.390. The van der Waals surface area contributed by atoms with Crippen molar-refractivity contribution in [1.29, 1.82) is 0 Å². The fourth-order valence-electron chi connectivity index (χ4n) is 1.34. The van der Waals surface area contributed by atoms with Crippen molar-refractivity contribution >= 4 is 23.1 Å². The maximum Gasteiger partial charge on any atom is 0.292 e. The van der Waals surface area contributed by atoms with Crippen LogP contribution < -0.4 is 5.73 Å². The van der Waals surface area contributed by atoms with Gasteiger partial charge in [-0.3, -0.25) is 10.1 Å². The van der Waals surface area contributed by atoms with Gasteiger partial charge < -0.3 is 10.2 Å². The van der Waals surface area contributed by atoms with Gasteiger partial charge in [-0.05, 0) is 24.3 Å². The molecule has 2 rings (SSSR count). The Morgan fingerprint density at radius 3 is 2.82 bits per heavy atom. The molecule has 1 aromatic carbocycles. The van der Waals surface area contributed by atoms with Gasteiger partial charge in [-0.1, -0.05) is 0 Å². The highest BCUT2D eigenvalue weighted by atomic mass is 32.2. The Labute approximate surface area is 102 Å². The monoisotopic (exact) mass is 250 g/mol. The number of hydrogen-bond acceptors (Lipinski definition) is 5. The average molecular weight is 250 g/mol. The lowest BCUT2D eigenvalue weighted by molar-refractivity contribution is -0.383. The number of benzene rings is 1. The van der Waals surface area contributed by atoms with Gasteiger partial charge in [-0.2, -0.15) is 0 Å². The van der Waals surface area contributed by atoms with E-state index in [-0.39, 0.29) is 11.4 Å². The maximum absolute atomic E-state index is 10.6. The van der Waals surface area contributed by atoms with E-state index in [2.05, 4.69) is 0 Å². The molecule has 1 aromatic heterocycles. The Balaban J connectivity index is 2.07. The molecule has 0 bridgehead atoms. The van der Waals surface area contributed by atoms with Gasteiger partial charge in [0.15, 0.2) is 0 Å². The smallest absolute Gasteiger partial charge is 0.292 e. The second kappa shape index (κ2) is 4.92. The zero-order valence-corrected chi connectivity index (χ0v) is 9.65. The molecule has 2 N–H and O–H groups in total. The summed E-state index contributed by atoms with van der Waals surface area (Å²) in [6, 6.07) is 8.40. The molecule has 0 amide bonds. The second-order valence-corrected chi connectivity index (χ2v) is 4.39. The molecule has 6 heteroatoms. The highest BCUT2D eigenvalue weighted by molar-refractivity contribution is 7.98. The number of rotatable bonds is 4. The van der Waals surface area contributed by atoms with Gasteiger partial charge >= 0.3 is 0 Å². The number of nitrogen functional groups attached to an aromatic ring is 1. The average Bonchev–Trinajstić information content (AvgIpc) is 2.78. The van der Waals surface area contributed by atoms with Crippen molar-refractivity contribution in [2.45, 2.75) is 10.6 Å². The van der Waals surface area contributed by atoms with Crippen LogP contribution in [-0.4, -0.2) is 4.92 Å². The van der Waals surface area contributed by atoms with Crippen molar-refractivity contribution in [2.75, 3.05) is 5.73 Å². The Kier molecular flexibility index (Phi) is 3.34. The number of hydrogen-bond donors (Lipinski definition) is 1. The summed E-state index contributed by atoms with van der Waals surface area (Å²) >= 11 is 1.52. The third kappa shape index (κ3) is 2.79. The van der Waals surface area contributed by atoms with E-state index in [1.807, 2.05) is 12.1 Å². The lowest BCUT2D eigenvalue weighted by atomic mass is 10.3. The number of nitrogens with two attached hydrogens (primary N) is 1. The van der Waals surface area contributed by atoms with Gasteiger partial charge in [0.05, 0.1) is 16.9 Å². The molecule has 0 aliphatic heterocycles. The molecule has 1 heterocycles. The van der Waals surface area contributed by atoms with Gasteiger partial charge in [0, 0.05) is 11.0 Å². The Hall–Kier alpha value is -1.95. The second-order valence-electron chi connectivity index (χ2n) is 3.35. The van der Waals surface area contributed by atoms with Crippen LogP contribution in [0.1, 0.15) is 5.76 Å². The molecule has 0 saturated carbocycles. The van der Waals surface area contributed by atoms with E-state index >= 15 is 0 Å². The van der Waals surface area contributed by atoms with Crippen molar-refractivity contribution in [3.8, 4) is 0 Å². The number of furan rings is 1. The molecule has 5 nitrogen and oxygen atoms in total. The van der Waals surface area contributed by atoms with Crippen LogP contribution in [0.3, 0.4) is 0 Å². The van der Waals surface area contributed by atoms with Crippen LogP contribution in [0.25, 0.3) is 0 Å². The zero-order chi connectivity index (χ0) is 12.3. The first-order chi connectivity index (χ1) is 8.16. The van der Waals surface area contributed by atoms with Crippen molar-refractivity contribution in [2.24, 2.45) is 0 Å². The predicted molar refractivity (Wildman–Crippen MR) is 65.8 cm³/mol. The van der Waals surface area contributed by atoms with E-state index in [1.165, 1.54) is 17.8 Å². The van der Waals surface area contributed by atoms with Gasteiger partial charge in [0.2, 0.25) is 0 Å². The van der Waals surface area contributed by atoms with Crippen LogP contribution in [0.15, 0.2) is 45.9 Å². The van der Waals surface area contributed by atoms with Crippen LogP contribution in [0.2, 0.25) is 0 Å². The topological polar surface area (TPSA) is 82.3 Å². The van der Waals surface area contributed by atoms with Crippen LogP contribution in [0.5, 0.6) is 0 Å². The third-order valence-electron chi connectivity index (χ3n) is 2.16. The van der Waals surface area contributed by atoms with Crippen LogP contribution in [0, 0.1) is 10.1 Å². The van der Waals surface area contributed by atoms with Gasteiger partial charge in [0.1, 0.15) is 11.4 Å². The zero-order valence-electron chi connectivity index (χ0n) is 8.83. The van der Waals surface area contributed by atoms with E-state index in [0.29, 0.717) is 5.75 Å². The predicted octanol–water partition coefficient (Wildman–Crippen LogP) is 3.06. The summed E-state index contributed by atoms with van der Waals surface area (Å²) in [7, 11) is 0. The number of nitrogens with zero attached hydrogens (tertiary/aromatic N) is 1. The molecule has 0 radical (unpaired) electrons. The fraction of sp³-hybridized carbons (Fsp3) is 0.0909. The van der Waals surface area contributed by atoms with Crippen LogP contribution in [0.4, 0.5) is 11.4 Å². The minimum atomic E-state index is -0.490. The number of thioether (sulfide) groups is 1. The van der Waals surface area contributed by atoms with Crippen LogP contribution >= 0.6 is 11.8 Å². The Morgan fingerprint density at radius 2 is 2.24 bits per heavy atom. The molecule has 2 aromatic rings. The lowest BCUT2D eigenvalue weighted by Gasteiger charge is -2.01. The number of anilines is 1. The molecular weight excluding hydrogens is 240 g/mol. The summed E-state index contributed by atoms with van der Waals surface area (Å²) < 4.78 is 5.19. The summed E-state index contributed by atoms with van der Waals surface area (Å²) in [6.07, 6.45) is 1.61. The Morgan fingerprint density at radius 1 is 1.41 bits per heavy atom. The van der Waals surface area contributed by atoms with Gasteiger partial charge in [-0.25, -0.2) is 0 Å². The maximum atomic E-state index is 10.6. The molecule has 0 aliphatic rings. The van der Waals surface area contributed by atoms with Crippen molar-refractivity contribution in [1.82, 2.24) is 0 Å². The van der Waals surface area contributed by atoms with Crippen molar-refractivity contribution in [3.05, 3.63) is 52.5 Å². The van der Waals surface area contributed by atoms with Gasteiger partial charge in [-0.15, -0.1) is 11.8 Å². The third-order valence-corrected chi connectivity index (χ3v) is 3.17. The molecule has 0 unspecified atom stereocenters. The van der Waals surface area contributed by atoms with Crippen molar-refractivity contribution < 1.29 is 9.34 Å². The molecule has 0 atom stereocenters. The largest absolute Gasteiger partial charge is 0.468 e. The summed E-state index contributed by atoms with van der Waals surface area (Å²) in [5, 5.41) is 10.6. The summed E-state index contributed by atoms with van der Waals surface area (Å²) in [6.45, 7) is 0.